The average Bonchev–Trinajstić information content (AvgIpc) is 2.75. The van der Waals surface area contributed by atoms with Crippen LogP contribution >= 0.6 is 0 Å². The van der Waals surface area contributed by atoms with Gasteiger partial charge >= 0.3 is 0 Å². The van der Waals surface area contributed by atoms with Crippen LogP contribution in [0.25, 0.3) is 0 Å². The number of benzene rings is 1. The van der Waals surface area contributed by atoms with E-state index < -0.39 is 0 Å². The Labute approximate surface area is 109 Å². The number of rotatable bonds is 6. The summed E-state index contributed by atoms with van der Waals surface area (Å²) < 4.78 is 5.70. The molecule has 0 radical (unpaired) electrons. The maximum atomic E-state index is 9.41. The normalized spacial score (nSPS) is 20.2. The van der Waals surface area contributed by atoms with E-state index in [1.54, 1.807) is 0 Å². The van der Waals surface area contributed by atoms with E-state index in [0.29, 0.717) is 0 Å². The van der Waals surface area contributed by atoms with Crippen molar-refractivity contribution in [1.29, 1.82) is 0 Å². The van der Waals surface area contributed by atoms with Crippen molar-refractivity contribution in [3.63, 3.8) is 0 Å². The van der Waals surface area contributed by atoms with Crippen molar-refractivity contribution in [2.24, 2.45) is 0 Å². The molecule has 18 heavy (non-hydrogen) atoms. The molecular formula is C15H23NO2. The van der Waals surface area contributed by atoms with Crippen molar-refractivity contribution in [2.75, 3.05) is 26.2 Å². The molecule has 1 fully saturated rings. The van der Waals surface area contributed by atoms with Crippen LogP contribution in [0.15, 0.2) is 24.3 Å². The molecule has 0 amide bonds. The second kappa shape index (κ2) is 6.76. The van der Waals surface area contributed by atoms with E-state index in [1.807, 2.05) is 12.1 Å². The fraction of sp³-hybridized carbons (Fsp3) is 0.600. The highest BCUT2D eigenvalue weighted by Crippen LogP contribution is 2.13. The third-order valence-corrected chi connectivity index (χ3v) is 3.37. The predicted octanol–water partition coefficient (Wildman–Crippen LogP) is 2.22. The first-order chi connectivity index (χ1) is 8.74. The molecule has 0 aliphatic carbocycles. The van der Waals surface area contributed by atoms with Crippen LogP contribution in [0.3, 0.4) is 0 Å². The zero-order chi connectivity index (χ0) is 12.8. The van der Waals surface area contributed by atoms with Gasteiger partial charge in [-0.15, -0.1) is 0 Å². The monoisotopic (exact) mass is 249 g/mol. The van der Waals surface area contributed by atoms with Gasteiger partial charge in [0.05, 0.1) is 12.7 Å². The molecule has 100 valence electrons. The minimum Gasteiger partial charge on any atom is -0.494 e. The molecule has 3 nitrogen and oxygen atoms in total. The first-order valence-electron chi connectivity index (χ1n) is 6.84. The van der Waals surface area contributed by atoms with Gasteiger partial charge in [0.1, 0.15) is 5.75 Å². The van der Waals surface area contributed by atoms with Gasteiger partial charge < -0.3 is 14.7 Å². The molecule has 1 saturated heterocycles. The van der Waals surface area contributed by atoms with Gasteiger partial charge in [0.15, 0.2) is 0 Å². The summed E-state index contributed by atoms with van der Waals surface area (Å²) in [6.07, 6.45) is 3.03. The number of β-amino-alcohol motifs (C(OH)–C–C–N with tert-alkyl or cyclic N) is 1. The first kappa shape index (κ1) is 13.4. The SMILES string of the molecule is Cc1cccc(OCCCCN2CCC(O)C2)c1. The van der Waals surface area contributed by atoms with E-state index in [0.717, 1.165) is 51.3 Å². The summed E-state index contributed by atoms with van der Waals surface area (Å²) in [5.41, 5.74) is 1.23. The van der Waals surface area contributed by atoms with Gasteiger partial charge in [-0.2, -0.15) is 0 Å². The molecule has 1 atom stereocenters. The molecule has 2 rings (SSSR count). The zero-order valence-electron chi connectivity index (χ0n) is 11.1. The Morgan fingerprint density at radius 2 is 2.28 bits per heavy atom. The number of hydrogen-bond donors (Lipinski definition) is 1. The lowest BCUT2D eigenvalue weighted by Gasteiger charge is -2.14. The van der Waals surface area contributed by atoms with Gasteiger partial charge in [-0.05, 0) is 50.4 Å². The average molecular weight is 249 g/mol. The van der Waals surface area contributed by atoms with Crippen molar-refractivity contribution < 1.29 is 9.84 Å². The van der Waals surface area contributed by atoms with Crippen LogP contribution in [0.5, 0.6) is 5.75 Å². The highest BCUT2D eigenvalue weighted by Gasteiger charge is 2.18. The number of hydrogen-bond acceptors (Lipinski definition) is 3. The second-order valence-electron chi connectivity index (χ2n) is 5.12. The van der Waals surface area contributed by atoms with Gasteiger partial charge in [-0.3, -0.25) is 0 Å². The van der Waals surface area contributed by atoms with Crippen LogP contribution in [-0.2, 0) is 0 Å². The Balaban J connectivity index is 1.56. The molecule has 1 aromatic carbocycles. The quantitative estimate of drug-likeness (QED) is 0.785. The van der Waals surface area contributed by atoms with Crippen LogP contribution in [0.1, 0.15) is 24.8 Å². The Morgan fingerprint density at radius 3 is 3.00 bits per heavy atom. The van der Waals surface area contributed by atoms with Crippen molar-refractivity contribution in [1.82, 2.24) is 4.90 Å². The lowest BCUT2D eigenvalue weighted by Crippen LogP contribution is -2.23. The zero-order valence-corrected chi connectivity index (χ0v) is 11.1. The lowest BCUT2D eigenvalue weighted by atomic mass is 10.2. The maximum Gasteiger partial charge on any atom is 0.119 e. The lowest BCUT2D eigenvalue weighted by molar-refractivity contribution is 0.175. The van der Waals surface area contributed by atoms with Crippen LogP contribution < -0.4 is 4.74 Å². The number of aliphatic hydroxyl groups is 1. The van der Waals surface area contributed by atoms with Crippen molar-refractivity contribution >= 4 is 0 Å². The molecule has 1 N–H and O–H groups in total. The summed E-state index contributed by atoms with van der Waals surface area (Å²) in [4.78, 5) is 2.33. The van der Waals surface area contributed by atoms with E-state index in [-0.39, 0.29) is 6.10 Å². The Hall–Kier alpha value is -1.06. The Bertz CT molecular complexity index is 367. The van der Waals surface area contributed by atoms with E-state index in [4.69, 9.17) is 4.74 Å². The topological polar surface area (TPSA) is 32.7 Å². The molecule has 1 aromatic rings. The summed E-state index contributed by atoms with van der Waals surface area (Å²) in [5.74, 6) is 0.964. The van der Waals surface area contributed by atoms with E-state index in [9.17, 15) is 5.11 Å². The second-order valence-corrected chi connectivity index (χ2v) is 5.12. The highest BCUT2D eigenvalue weighted by atomic mass is 16.5. The van der Waals surface area contributed by atoms with Gasteiger partial charge in [-0.25, -0.2) is 0 Å². The summed E-state index contributed by atoms with van der Waals surface area (Å²) in [7, 11) is 0. The van der Waals surface area contributed by atoms with Crippen molar-refractivity contribution in [3.05, 3.63) is 29.8 Å². The number of aryl methyl sites for hydroxylation is 1. The van der Waals surface area contributed by atoms with E-state index in [1.165, 1.54) is 5.56 Å². The summed E-state index contributed by atoms with van der Waals surface area (Å²) in [5, 5.41) is 9.41. The highest BCUT2D eigenvalue weighted by molar-refractivity contribution is 5.27. The largest absolute Gasteiger partial charge is 0.494 e. The van der Waals surface area contributed by atoms with E-state index in [2.05, 4.69) is 24.0 Å². The minimum absolute atomic E-state index is 0.103. The molecule has 1 aliphatic heterocycles. The Kier molecular flexibility index (Phi) is 5.02. The molecule has 0 spiro atoms. The van der Waals surface area contributed by atoms with Crippen molar-refractivity contribution in [3.8, 4) is 5.75 Å². The third-order valence-electron chi connectivity index (χ3n) is 3.37. The van der Waals surface area contributed by atoms with E-state index >= 15 is 0 Å². The van der Waals surface area contributed by atoms with Crippen LogP contribution in [0, 0.1) is 6.92 Å². The fourth-order valence-electron chi connectivity index (χ4n) is 2.35. The smallest absolute Gasteiger partial charge is 0.119 e. The van der Waals surface area contributed by atoms with Gasteiger partial charge in [0, 0.05) is 13.1 Å². The summed E-state index contributed by atoms with van der Waals surface area (Å²) in [6, 6.07) is 8.17. The number of unbranched alkanes of at least 4 members (excludes halogenated alkanes) is 1. The molecule has 1 aliphatic rings. The molecule has 1 unspecified atom stereocenters. The standard InChI is InChI=1S/C15H23NO2/c1-13-5-4-6-15(11-13)18-10-3-2-8-16-9-7-14(17)12-16/h4-6,11,14,17H,2-3,7-10,12H2,1H3. The summed E-state index contributed by atoms with van der Waals surface area (Å²) in [6.45, 7) is 5.82. The van der Waals surface area contributed by atoms with Crippen molar-refractivity contribution in [2.45, 2.75) is 32.3 Å². The third kappa shape index (κ3) is 4.31. The fourth-order valence-corrected chi connectivity index (χ4v) is 2.35. The van der Waals surface area contributed by atoms with Crippen LogP contribution in [0.2, 0.25) is 0 Å². The van der Waals surface area contributed by atoms with Crippen LogP contribution in [0.4, 0.5) is 0 Å². The molecular weight excluding hydrogens is 226 g/mol. The number of ether oxygens (including phenoxy) is 1. The number of likely N-dealkylation sites (tertiary alicyclic amines) is 1. The molecule has 0 bridgehead atoms. The molecule has 0 saturated carbocycles. The maximum absolute atomic E-state index is 9.41. The van der Waals surface area contributed by atoms with Crippen LogP contribution in [-0.4, -0.2) is 42.4 Å². The van der Waals surface area contributed by atoms with Gasteiger partial charge in [-0.1, -0.05) is 12.1 Å². The molecule has 0 aromatic heterocycles. The van der Waals surface area contributed by atoms with Gasteiger partial charge in [0.2, 0.25) is 0 Å². The number of nitrogens with zero attached hydrogens (tertiary/aromatic N) is 1. The molecule has 1 heterocycles. The Morgan fingerprint density at radius 1 is 1.39 bits per heavy atom. The summed E-state index contributed by atoms with van der Waals surface area (Å²) >= 11 is 0. The number of aliphatic hydroxyl groups excluding tert-OH is 1. The first-order valence-corrected chi connectivity index (χ1v) is 6.84. The minimum atomic E-state index is -0.103. The predicted molar refractivity (Wildman–Crippen MR) is 73.0 cm³/mol. The van der Waals surface area contributed by atoms with Gasteiger partial charge in [0.25, 0.3) is 0 Å². The molecule has 3 heteroatoms.